The van der Waals surface area contributed by atoms with Gasteiger partial charge in [-0.05, 0) is 38.3 Å². The summed E-state index contributed by atoms with van der Waals surface area (Å²) in [5.41, 5.74) is 3.06. The molecule has 2 rings (SSSR count). The molecule has 0 atom stereocenters. The maximum absolute atomic E-state index is 11.2. The van der Waals surface area contributed by atoms with Gasteiger partial charge in [0.25, 0.3) is 0 Å². The number of hydrogen-bond donors (Lipinski definition) is 2. The second-order valence-corrected chi connectivity index (χ2v) is 3.68. The van der Waals surface area contributed by atoms with Gasteiger partial charge in [-0.15, -0.1) is 0 Å². The van der Waals surface area contributed by atoms with Crippen molar-refractivity contribution >= 4 is 0 Å². The van der Waals surface area contributed by atoms with Crippen molar-refractivity contribution in [1.29, 1.82) is 0 Å². The average molecular weight is 193 g/mol. The molecular formula is C10H15N3O. The Kier molecular flexibility index (Phi) is 2.63. The zero-order valence-electron chi connectivity index (χ0n) is 8.39. The van der Waals surface area contributed by atoms with Gasteiger partial charge in [-0.2, -0.15) is 4.98 Å². The van der Waals surface area contributed by atoms with Crippen LogP contribution in [-0.2, 0) is 19.4 Å². The molecule has 0 fully saturated rings. The minimum absolute atomic E-state index is 0.212. The first kappa shape index (κ1) is 9.40. The van der Waals surface area contributed by atoms with Crippen LogP contribution in [0.5, 0.6) is 0 Å². The molecule has 0 aliphatic heterocycles. The lowest BCUT2D eigenvalue weighted by molar-refractivity contribution is 0.636. The molecule has 0 spiro atoms. The minimum atomic E-state index is -0.212. The Morgan fingerprint density at radius 3 is 3.00 bits per heavy atom. The lowest BCUT2D eigenvalue weighted by Crippen LogP contribution is -2.23. The van der Waals surface area contributed by atoms with Gasteiger partial charge in [0.05, 0.1) is 5.69 Å². The zero-order chi connectivity index (χ0) is 9.97. The summed E-state index contributed by atoms with van der Waals surface area (Å²) in [6.45, 7) is 0.687. The van der Waals surface area contributed by atoms with E-state index >= 15 is 0 Å². The van der Waals surface area contributed by atoms with Crippen molar-refractivity contribution in [1.82, 2.24) is 15.3 Å². The molecule has 0 bridgehead atoms. The van der Waals surface area contributed by atoms with Crippen molar-refractivity contribution in [2.45, 2.75) is 32.2 Å². The van der Waals surface area contributed by atoms with E-state index in [4.69, 9.17) is 0 Å². The molecular weight excluding hydrogens is 178 g/mol. The monoisotopic (exact) mass is 193 g/mol. The number of aromatic amines is 1. The van der Waals surface area contributed by atoms with Gasteiger partial charge in [0.2, 0.25) is 0 Å². The van der Waals surface area contributed by atoms with E-state index in [0.29, 0.717) is 6.54 Å². The Hall–Kier alpha value is -1.16. The largest absolute Gasteiger partial charge is 0.345 e. The summed E-state index contributed by atoms with van der Waals surface area (Å²) in [5, 5.41) is 3.05. The van der Waals surface area contributed by atoms with Crippen LogP contribution in [0.15, 0.2) is 4.79 Å². The Morgan fingerprint density at radius 1 is 1.43 bits per heavy atom. The number of hydrogen-bond acceptors (Lipinski definition) is 3. The van der Waals surface area contributed by atoms with E-state index < -0.39 is 0 Å². The van der Waals surface area contributed by atoms with Crippen LogP contribution in [0, 0.1) is 0 Å². The van der Waals surface area contributed by atoms with Gasteiger partial charge < -0.3 is 10.3 Å². The quantitative estimate of drug-likeness (QED) is 0.713. The molecule has 0 aromatic carbocycles. The van der Waals surface area contributed by atoms with Gasteiger partial charge in [-0.3, -0.25) is 0 Å². The van der Waals surface area contributed by atoms with Crippen LogP contribution >= 0.6 is 0 Å². The first-order chi connectivity index (χ1) is 6.81. The van der Waals surface area contributed by atoms with Crippen LogP contribution in [0.1, 0.15) is 29.8 Å². The number of aryl methyl sites for hydroxylation is 1. The molecule has 1 aromatic heterocycles. The molecule has 0 saturated heterocycles. The fourth-order valence-corrected chi connectivity index (χ4v) is 2.02. The zero-order valence-corrected chi connectivity index (χ0v) is 8.39. The molecule has 2 N–H and O–H groups in total. The van der Waals surface area contributed by atoms with Crippen molar-refractivity contribution in [3.8, 4) is 0 Å². The molecule has 0 unspecified atom stereocenters. The van der Waals surface area contributed by atoms with Gasteiger partial charge in [-0.25, -0.2) is 4.79 Å². The molecule has 4 heteroatoms. The second kappa shape index (κ2) is 3.92. The highest BCUT2D eigenvalue weighted by atomic mass is 16.1. The maximum Gasteiger partial charge on any atom is 0.345 e. The van der Waals surface area contributed by atoms with Crippen molar-refractivity contribution in [3.63, 3.8) is 0 Å². The lowest BCUT2D eigenvalue weighted by Gasteiger charge is -2.17. The van der Waals surface area contributed by atoms with Gasteiger partial charge >= 0.3 is 5.69 Å². The van der Waals surface area contributed by atoms with E-state index in [2.05, 4.69) is 15.3 Å². The highest BCUT2D eigenvalue weighted by molar-refractivity contribution is 5.26. The van der Waals surface area contributed by atoms with Crippen molar-refractivity contribution < 1.29 is 0 Å². The van der Waals surface area contributed by atoms with Crippen LogP contribution < -0.4 is 11.0 Å². The SMILES string of the molecule is CNCc1nc(=O)[nH]c2c1CCCC2. The Labute approximate surface area is 82.8 Å². The first-order valence-corrected chi connectivity index (χ1v) is 5.07. The topological polar surface area (TPSA) is 57.8 Å². The minimum Gasteiger partial charge on any atom is -0.314 e. The lowest BCUT2D eigenvalue weighted by atomic mass is 9.95. The maximum atomic E-state index is 11.2. The fourth-order valence-electron chi connectivity index (χ4n) is 2.02. The van der Waals surface area contributed by atoms with Crippen LogP contribution in [0.25, 0.3) is 0 Å². The number of nitrogens with zero attached hydrogens (tertiary/aromatic N) is 1. The predicted molar refractivity (Wildman–Crippen MR) is 54.3 cm³/mol. The van der Waals surface area contributed by atoms with Crippen molar-refractivity contribution in [2.24, 2.45) is 0 Å². The van der Waals surface area contributed by atoms with E-state index in [1.54, 1.807) is 0 Å². The molecule has 1 aliphatic carbocycles. The van der Waals surface area contributed by atoms with E-state index in [1.165, 1.54) is 18.4 Å². The molecule has 0 radical (unpaired) electrons. The van der Waals surface area contributed by atoms with Crippen LogP contribution in [0.3, 0.4) is 0 Å². The molecule has 4 nitrogen and oxygen atoms in total. The summed E-state index contributed by atoms with van der Waals surface area (Å²) in [6.07, 6.45) is 4.42. The molecule has 0 amide bonds. The molecule has 1 aromatic rings. The average Bonchev–Trinajstić information content (AvgIpc) is 2.18. The van der Waals surface area contributed by atoms with Crippen LogP contribution in [-0.4, -0.2) is 17.0 Å². The molecule has 0 saturated carbocycles. The number of aromatic nitrogens is 2. The molecule has 76 valence electrons. The second-order valence-electron chi connectivity index (χ2n) is 3.68. The van der Waals surface area contributed by atoms with Gasteiger partial charge in [-0.1, -0.05) is 0 Å². The van der Waals surface area contributed by atoms with Crippen LogP contribution in [0.4, 0.5) is 0 Å². The van der Waals surface area contributed by atoms with E-state index in [0.717, 1.165) is 24.2 Å². The van der Waals surface area contributed by atoms with E-state index in [-0.39, 0.29) is 5.69 Å². The van der Waals surface area contributed by atoms with Gasteiger partial charge in [0.15, 0.2) is 0 Å². The third kappa shape index (κ3) is 1.70. The van der Waals surface area contributed by atoms with Gasteiger partial charge in [0.1, 0.15) is 0 Å². The van der Waals surface area contributed by atoms with Crippen LogP contribution in [0.2, 0.25) is 0 Å². The summed E-state index contributed by atoms with van der Waals surface area (Å²) in [6, 6.07) is 0. The summed E-state index contributed by atoms with van der Waals surface area (Å²) in [7, 11) is 1.87. The number of nitrogens with one attached hydrogen (secondary N) is 2. The highest BCUT2D eigenvalue weighted by Crippen LogP contribution is 2.19. The Morgan fingerprint density at radius 2 is 2.21 bits per heavy atom. The third-order valence-corrected chi connectivity index (χ3v) is 2.65. The van der Waals surface area contributed by atoms with Crippen molar-refractivity contribution in [3.05, 3.63) is 27.4 Å². The molecule has 1 aliphatic rings. The smallest absolute Gasteiger partial charge is 0.314 e. The summed E-state index contributed by atoms with van der Waals surface area (Å²) >= 11 is 0. The normalized spacial score (nSPS) is 15.2. The summed E-state index contributed by atoms with van der Waals surface area (Å²) < 4.78 is 0. The summed E-state index contributed by atoms with van der Waals surface area (Å²) in [4.78, 5) is 18.1. The fraction of sp³-hybridized carbons (Fsp3) is 0.600. The Balaban J connectivity index is 2.47. The third-order valence-electron chi connectivity index (χ3n) is 2.65. The first-order valence-electron chi connectivity index (χ1n) is 5.07. The van der Waals surface area contributed by atoms with Gasteiger partial charge in [0, 0.05) is 12.2 Å². The summed E-state index contributed by atoms with van der Waals surface area (Å²) in [5.74, 6) is 0. The Bertz CT molecular complexity index is 383. The number of H-pyrrole nitrogens is 1. The molecule has 1 heterocycles. The number of fused-ring (bicyclic) bond motifs is 1. The van der Waals surface area contributed by atoms with E-state index in [9.17, 15) is 4.79 Å². The standard InChI is InChI=1S/C10H15N3O/c1-11-6-9-7-4-2-3-5-8(7)12-10(14)13-9/h11H,2-6H2,1H3,(H,12,13,14). The number of rotatable bonds is 2. The highest BCUT2D eigenvalue weighted by Gasteiger charge is 2.15. The van der Waals surface area contributed by atoms with E-state index in [1.807, 2.05) is 7.05 Å². The van der Waals surface area contributed by atoms with Crippen molar-refractivity contribution in [2.75, 3.05) is 7.05 Å². The predicted octanol–water partition coefficient (Wildman–Crippen LogP) is 0.368. The molecule has 14 heavy (non-hydrogen) atoms.